The molecule has 4 aromatic rings. The topological polar surface area (TPSA) is 79.9 Å². The van der Waals surface area contributed by atoms with Gasteiger partial charge in [0.1, 0.15) is 12.1 Å². The van der Waals surface area contributed by atoms with Crippen LogP contribution >= 0.6 is 24.0 Å². The van der Waals surface area contributed by atoms with Crippen LogP contribution in [0.2, 0.25) is 0 Å². The molecule has 0 saturated carbocycles. The largest absolute Gasteiger partial charge is 0.573 e. The number of halogens is 3. The fourth-order valence-electron chi connectivity index (χ4n) is 4.56. The zero-order valence-corrected chi connectivity index (χ0v) is 25.9. The molecule has 1 aromatic heterocycles. The lowest BCUT2D eigenvalue weighted by Crippen LogP contribution is -2.36. The molecule has 13 heteroatoms. The summed E-state index contributed by atoms with van der Waals surface area (Å²) in [5.41, 5.74) is 8.64. The average Bonchev–Trinajstić information content (AvgIpc) is 3.48. The summed E-state index contributed by atoms with van der Waals surface area (Å²) in [6.07, 6.45) is -0.542. The van der Waals surface area contributed by atoms with E-state index in [4.69, 9.17) is 17.2 Å². The first-order valence-electron chi connectivity index (χ1n) is 13.9. The fraction of sp³-hybridized carbons (Fsp3) is 0.258. The summed E-state index contributed by atoms with van der Waals surface area (Å²) in [5, 5.41) is 9.84. The number of hydrogen-bond donors (Lipinski definition) is 1. The number of amidine groups is 1. The molecule has 0 bridgehead atoms. The van der Waals surface area contributed by atoms with Crippen molar-refractivity contribution in [2.75, 3.05) is 17.2 Å². The fourth-order valence-corrected chi connectivity index (χ4v) is 5.72. The van der Waals surface area contributed by atoms with Crippen molar-refractivity contribution in [3.8, 4) is 22.8 Å². The molecule has 44 heavy (non-hydrogen) atoms. The first-order valence-corrected chi connectivity index (χ1v) is 15.3. The summed E-state index contributed by atoms with van der Waals surface area (Å²) in [6.45, 7) is 7.37. The van der Waals surface area contributed by atoms with Gasteiger partial charge in [-0.2, -0.15) is 10.1 Å². The van der Waals surface area contributed by atoms with Crippen molar-refractivity contribution in [2.45, 2.75) is 39.5 Å². The highest BCUT2D eigenvalue weighted by atomic mass is 32.2. The van der Waals surface area contributed by atoms with Crippen LogP contribution in [0.4, 0.5) is 18.9 Å². The SMILES string of the molecule is Cc1ccc(C(C)C)c(N2CCCS/C2=N\C(=S)N/N=C/c2ccc(-c3ncn(-c4ccc(OC(F)(F)F)cc4)n3)cc2)c1. The van der Waals surface area contributed by atoms with Crippen LogP contribution in [0.3, 0.4) is 0 Å². The van der Waals surface area contributed by atoms with E-state index in [1.807, 2.05) is 24.3 Å². The van der Waals surface area contributed by atoms with E-state index in [9.17, 15) is 13.2 Å². The highest BCUT2D eigenvalue weighted by molar-refractivity contribution is 8.14. The third kappa shape index (κ3) is 8.03. The number of nitrogens with zero attached hydrogens (tertiary/aromatic N) is 6. The zero-order valence-electron chi connectivity index (χ0n) is 24.2. The van der Waals surface area contributed by atoms with Gasteiger partial charge < -0.3 is 9.64 Å². The first kappa shape index (κ1) is 31.2. The smallest absolute Gasteiger partial charge is 0.406 e. The molecule has 1 N–H and O–H groups in total. The van der Waals surface area contributed by atoms with Crippen molar-refractivity contribution in [1.29, 1.82) is 0 Å². The number of rotatable bonds is 7. The number of thiocarbonyl (C=S) groups is 1. The van der Waals surface area contributed by atoms with E-state index in [-0.39, 0.29) is 10.9 Å². The molecule has 2 heterocycles. The van der Waals surface area contributed by atoms with Crippen LogP contribution in [0.1, 0.15) is 42.9 Å². The number of aryl methyl sites for hydroxylation is 1. The lowest BCUT2D eigenvalue weighted by Gasteiger charge is -2.32. The molecule has 0 aliphatic carbocycles. The highest BCUT2D eigenvalue weighted by Gasteiger charge is 2.31. The number of aromatic nitrogens is 3. The second kappa shape index (κ2) is 13.6. The van der Waals surface area contributed by atoms with Crippen LogP contribution in [0.5, 0.6) is 5.75 Å². The van der Waals surface area contributed by atoms with Gasteiger partial charge in [0.05, 0.1) is 11.9 Å². The van der Waals surface area contributed by atoms with E-state index in [1.165, 1.54) is 52.1 Å². The Morgan fingerprint density at radius 1 is 1.09 bits per heavy atom. The van der Waals surface area contributed by atoms with E-state index < -0.39 is 6.36 Å². The number of hydrazone groups is 1. The number of ether oxygens (including phenoxy) is 1. The minimum atomic E-state index is -4.75. The Balaban J connectivity index is 1.21. The average molecular weight is 638 g/mol. The van der Waals surface area contributed by atoms with Crippen molar-refractivity contribution < 1.29 is 17.9 Å². The molecule has 5 rings (SSSR count). The summed E-state index contributed by atoms with van der Waals surface area (Å²) in [6, 6.07) is 19.4. The number of thioether (sulfide) groups is 1. The molecule has 1 fully saturated rings. The summed E-state index contributed by atoms with van der Waals surface area (Å²) in [7, 11) is 0. The van der Waals surface area contributed by atoms with Gasteiger partial charge in [0.25, 0.3) is 0 Å². The Hall–Kier alpha value is -4.23. The van der Waals surface area contributed by atoms with Crippen molar-refractivity contribution >= 4 is 46.2 Å². The molecule has 3 aromatic carbocycles. The third-order valence-corrected chi connectivity index (χ3v) is 7.90. The quantitative estimate of drug-likeness (QED) is 0.128. The number of aliphatic imine (C=N–C) groups is 1. The molecule has 0 amide bonds. The maximum absolute atomic E-state index is 12.4. The Labute approximate surface area is 263 Å². The molecule has 1 aliphatic rings. The number of hydrogen-bond acceptors (Lipinski definition) is 6. The molecular formula is C31H30F3N7OS2. The Morgan fingerprint density at radius 2 is 1.84 bits per heavy atom. The van der Waals surface area contributed by atoms with Gasteiger partial charge in [-0.15, -0.1) is 18.3 Å². The minimum absolute atomic E-state index is 0.277. The molecule has 0 atom stereocenters. The van der Waals surface area contributed by atoms with Gasteiger partial charge >= 0.3 is 6.36 Å². The van der Waals surface area contributed by atoms with E-state index in [2.05, 4.69) is 69.2 Å². The van der Waals surface area contributed by atoms with Gasteiger partial charge in [-0.3, -0.25) is 5.43 Å². The maximum atomic E-state index is 12.4. The number of anilines is 1. The predicted molar refractivity (Wildman–Crippen MR) is 174 cm³/mol. The van der Waals surface area contributed by atoms with Crippen LogP contribution in [0, 0.1) is 6.92 Å². The van der Waals surface area contributed by atoms with E-state index in [0.29, 0.717) is 17.4 Å². The van der Waals surface area contributed by atoms with Crippen molar-refractivity contribution in [2.24, 2.45) is 10.1 Å². The van der Waals surface area contributed by atoms with Crippen LogP contribution < -0.4 is 15.1 Å². The normalized spacial score (nSPS) is 14.9. The Morgan fingerprint density at radius 3 is 2.55 bits per heavy atom. The molecule has 0 spiro atoms. The first-order chi connectivity index (χ1) is 21.1. The van der Waals surface area contributed by atoms with Crippen LogP contribution in [0.15, 0.2) is 83.2 Å². The molecule has 1 saturated heterocycles. The third-order valence-electron chi connectivity index (χ3n) is 6.65. The molecule has 1 aliphatic heterocycles. The van der Waals surface area contributed by atoms with Crippen LogP contribution in [-0.2, 0) is 0 Å². The van der Waals surface area contributed by atoms with Crippen molar-refractivity contribution in [1.82, 2.24) is 20.2 Å². The van der Waals surface area contributed by atoms with Crippen LogP contribution in [0.25, 0.3) is 17.1 Å². The molecule has 0 radical (unpaired) electrons. The molecular weight excluding hydrogens is 608 g/mol. The summed E-state index contributed by atoms with van der Waals surface area (Å²) in [5.74, 6) is 1.52. The van der Waals surface area contributed by atoms with Crippen molar-refractivity contribution in [3.63, 3.8) is 0 Å². The number of benzene rings is 3. The number of alkyl halides is 3. The van der Waals surface area contributed by atoms with Crippen LogP contribution in [-0.4, -0.2) is 49.9 Å². The summed E-state index contributed by atoms with van der Waals surface area (Å²) < 4.78 is 42.6. The second-order valence-corrected chi connectivity index (χ2v) is 11.8. The minimum Gasteiger partial charge on any atom is -0.406 e. The molecule has 228 valence electrons. The van der Waals surface area contributed by atoms with Gasteiger partial charge in [-0.25, -0.2) is 9.67 Å². The summed E-state index contributed by atoms with van der Waals surface area (Å²) >= 11 is 7.18. The van der Waals surface area contributed by atoms with E-state index >= 15 is 0 Å². The van der Waals surface area contributed by atoms with Gasteiger partial charge in [-0.1, -0.05) is 62.0 Å². The maximum Gasteiger partial charge on any atom is 0.573 e. The molecule has 8 nitrogen and oxygen atoms in total. The lowest BCUT2D eigenvalue weighted by molar-refractivity contribution is -0.274. The van der Waals surface area contributed by atoms with Gasteiger partial charge in [0.2, 0.25) is 5.11 Å². The monoisotopic (exact) mass is 637 g/mol. The Bertz CT molecular complexity index is 1670. The van der Waals surface area contributed by atoms with Gasteiger partial charge in [0, 0.05) is 23.5 Å². The summed E-state index contributed by atoms with van der Waals surface area (Å²) in [4.78, 5) is 11.3. The van der Waals surface area contributed by atoms with E-state index in [1.54, 1.807) is 18.0 Å². The van der Waals surface area contributed by atoms with Gasteiger partial charge in [-0.05, 0) is 78.5 Å². The van der Waals surface area contributed by atoms with Gasteiger partial charge in [0.15, 0.2) is 11.0 Å². The number of nitrogens with one attached hydrogen (secondary N) is 1. The molecule has 0 unspecified atom stereocenters. The van der Waals surface area contributed by atoms with E-state index in [0.717, 1.165) is 35.0 Å². The predicted octanol–water partition coefficient (Wildman–Crippen LogP) is 7.47. The lowest BCUT2D eigenvalue weighted by atomic mass is 9.98. The van der Waals surface area contributed by atoms with Crippen molar-refractivity contribution in [3.05, 3.63) is 89.7 Å². The second-order valence-electron chi connectivity index (χ2n) is 10.3. The Kier molecular flexibility index (Phi) is 9.64. The zero-order chi connectivity index (χ0) is 31.3. The standard InChI is InChI=1S/C31H30F3N7OS2/c1-20(2)26-14-5-21(3)17-27(26)40-15-4-16-44-30(40)37-29(43)38-36-18-22-6-8-23(9-7-22)28-35-19-41(39-28)24-10-12-25(13-11-24)42-31(32,33)34/h5-14,17-20H,4,15-16H2,1-3H3,(H,38,43)/b36-18+,37-30-. The highest BCUT2D eigenvalue weighted by Crippen LogP contribution is 2.33.